The van der Waals surface area contributed by atoms with Crippen molar-refractivity contribution in [2.75, 3.05) is 0 Å². The van der Waals surface area contributed by atoms with Crippen LogP contribution in [0, 0.1) is 0 Å². The minimum absolute atomic E-state index is 0.393. The van der Waals surface area contributed by atoms with Crippen LogP contribution in [0.15, 0.2) is 48.0 Å². The highest BCUT2D eigenvalue weighted by atomic mass is 35.5. The van der Waals surface area contributed by atoms with Crippen molar-refractivity contribution in [3.8, 4) is 0 Å². The van der Waals surface area contributed by atoms with Crippen molar-refractivity contribution in [2.24, 2.45) is 0 Å². The average Bonchev–Trinajstić information content (AvgIpc) is 2.36. The summed E-state index contributed by atoms with van der Waals surface area (Å²) in [6, 6.07) is 14.3. The fourth-order valence-corrected chi connectivity index (χ4v) is 1.93. The van der Waals surface area contributed by atoms with Gasteiger partial charge in [0, 0.05) is 5.57 Å². The van der Waals surface area contributed by atoms with Gasteiger partial charge in [-0.2, -0.15) is 0 Å². The average molecular weight is 245 g/mol. The van der Waals surface area contributed by atoms with Crippen LogP contribution in [0.3, 0.4) is 0 Å². The highest BCUT2D eigenvalue weighted by Gasteiger charge is 2.06. The predicted octanol–water partition coefficient (Wildman–Crippen LogP) is 4.40. The third-order valence-corrected chi connectivity index (χ3v) is 3.32. The SMILES string of the molecule is C/C(C(=O)Cl)=C(\C)c1ccc2ccccc2c1. The largest absolute Gasteiger partial charge is 0.276 e. The van der Waals surface area contributed by atoms with E-state index < -0.39 is 5.24 Å². The highest BCUT2D eigenvalue weighted by Crippen LogP contribution is 2.23. The summed E-state index contributed by atoms with van der Waals surface area (Å²) in [6.07, 6.45) is 0. The van der Waals surface area contributed by atoms with E-state index in [9.17, 15) is 4.79 Å². The number of halogens is 1. The summed E-state index contributed by atoms with van der Waals surface area (Å²) >= 11 is 5.49. The van der Waals surface area contributed by atoms with Gasteiger partial charge in [-0.05, 0) is 53.4 Å². The van der Waals surface area contributed by atoms with E-state index in [1.54, 1.807) is 6.92 Å². The number of fused-ring (bicyclic) bond motifs is 1. The lowest BCUT2D eigenvalue weighted by Crippen LogP contribution is -1.92. The first kappa shape index (κ1) is 11.9. The molecule has 0 aliphatic heterocycles. The topological polar surface area (TPSA) is 17.1 Å². The molecule has 1 nitrogen and oxygen atoms in total. The summed E-state index contributed by atoms with van der Waals surface area (Å²) in [5, 5.41) is 1.97. The first-order valence-electron chi connectivity index (χ1n) is 5.46. The van der Waals surface area contributed by atoms with Crippen molar-refractivity contribution in [3.63, 3.8) is 0 Å². The zero-order valence-electron chi connectivity index (χ0n) is 9.83. The molecule has 0 N–H and O–H groups in total. The summed E-state index contributed by atoms with van der Waals surface area (Å²) in [5.74, 6) is 0. The number of carbonyl (C=O) groups is 1. The maximum Gasteiger partial charge on any atom is 0.248 e. The molecule has 0 unspecified atom stereocenters. The number of carbonyl (C=O) groups excluding carboxylic acids is 1. The Hall–Kier alpha value is -1.60. The molecule has 0 spiro atoms. The van der Waals surface area contributed by atoms with Crippen LogP contribution in [0.1, 0.15) is 19.4 Å². The second kappa shape index (κ2) is 4.72. The molecular formula is C15H13ClO. The predicted molar refractivity (Wildman–Crippen MR) is 73.1 cm³/mol. The Morgan fingerprint density at radius 3 is 2.29 bits per heavy atom. The van der Waals surface area contributed by atoms with Gasteiger partial charge in [0.25, 0.3) is 0 Å². The Morgan fingerprint density at radius 2 is 1.65 bits per heavy atom. The van der Waals surface area contributed by atoms with Crippen molar-refractivity contribution in [1.82, 2.24) is 0 Å². The number of allylic oxidation sites excluding steroid dienone is 2. The fourth-order valence-electron chi connectivity index (χ4n) is 1.79. The lowest BCUT2D eigenvalue weighted by atomic mass is 9.99. The molecule has 2 aromatic carbocycles. The molecule has 0 heterocycles. The Balaban J connectivity index is 2.57. The van der Waals surface area contributed by atoms with E-state index in [2.05, 4.69) is 24.3 Å². The van der Waals surface area contributed by atoms with Crippen LogP contribution in [-0.2, 0) is 4.79 Å². The molecule has 0 amide bonds. The normalized spacial score (nSPS) is 12.4. The van der Waals surface area contributed by atoms with Gasteiger partial charge >= 0.3 is 0 Å². The van der Waals surface area contributed by atoms with Crippen molar-refractivity contribution in [2.45, 2.75) is 13.8 Å². The molecule has 2 aromatic rings. The van der Waals surface area contributed by atoms with Crippen LogP contribution in [0.25, 0.3) is 16.3 Å². The van der Waals surface area contributed by atoms with Gasteiger partial charge < -0.3 is 0 Å². The van der Waals surface area contributed by atoms with Gasteiger partial charge in [0.15, 0.2) is 0 Å². The molecule has 2 rings (SSSR count). The van der Waals surface area contributed by atoms with Gasteiger partial charge in [-0.1, -0.05) is 36.4 Å². The molecule has 2 heteroatoms. The Kier molecular flexibility index (Phi) is 3.30. The van der Waals surface area contributed by atoms with Crippen LogP contribution in [0.5, 0.6) is 0 Å². The summed E-state index contributed by atoms with van der Waals surface area (Å²) in [5.41, 5.74) is 2.56. The standard InChI is InChI=1S/C15H13ClO/c1-10(11(2)15(16)17)13-8-7-12-5-3-4-6-14(12)9-13/h3-9H,1-2H3/b11-10-. The van der Waals surface area contributed by atoms with Crippen molar-refractivity contribution in [1.29, 1.82) is 0 Å². The van der Waals surface area contributed by atoms with Crippen molar-refractivity contribution < 1.29 is 4.79 Å². The van der Waals surface area contributed by atoms with E-state index in [1.165, 1.54) is 10.8 Å². The van der Waals surface area contributed by atoms with E-state index in [1.807, 2.05) is 25.1 Å². The molecule has 0 saturated carbocycles. The molecule has 0 aromatic heterocycles. The first-order valence-corrected chi connectivity index (χ1v) is 5.84. The Morgan fingerprint density at radius 1 is 1.00 bits per heavy atom. The van der Waals surface area contributed by atoms with Crippen LogP contribution < -0.4 is 0 Å². The van der Waals surface area contributed by atoms with Gasteiger partial charge in [-0.25, -0.2) is 0 Å². The van der Waals surface area contributed by atoms with Crippen LogP contribution in [0.2, 0.25) is 0 Å². The Labute approximate surface area is 106 Å². The lowest BCUT2D eigenvalue weighted by molar-refractivity contribution is -0.108. The molecular weight excluding hydrogens is 232 g/mol. The second-order valence-electron chi connectivity index (χ2n) is 4.09. The van der Waals surface area contributed by atoms with Crippen LogP contribution >= 0.6 is 11.6 Å². The molecule has 0 fully saturated rings. The van der Waals surface area contributed by atoms with E-state index >= 15 is 0 Å². The number of rotatable bonds is 2. The minimum Gasteiger partial charge on any atom is -0.276 e. The zero-order valence-corrected chi connectivity index (χ0v) is 10.6. The second-order valence-corrected chi connectivity index (χ2v) is 4.43. The number of hydrogen-bond acceptors (Lipinski definition) is 1. The zero-order chi connectivity index (χ0) is 12.4. The smallest absolute Gasteiger partial charge is 0.248 e. The maximum atomic E-state index is 11.1. The molecule has 0 aliphatic carbocycles. The number of hydrogen-bond donors (Lipinski definition) is 0. The molecule has 0 bridgehead atoms. The summed E-state index contributed by atoms with van der Waals surface area (Å²) in [4.78, 5) is 11.1. The lowest BCUT2D eigenvalue weighted by Gasteiger charge is -2.06. The molecule has 0 radical (unpaired) electrons. The van der Waals surface area contributed by atoms with Gasteiger partial charge in [0.2, 0.25) is 5.24 Å². The van der Waals surface area contributed by atoms with Crippen LogP contribution in [0.4, 0.5) is 0 Å². The van der Waals surface area contributed by atoms with E-state index in [0.717, 1.165) is 11.1 Å². The summed E-state index contributed by atoms with van der Waals surface area (Å²) in [7, 11) is 0. The molecule has 86 valence electrons. The van der Waals surface area contributed by atoms with Crippen molar-refractivity contribution >= 4 is 33.2 Å². The fraction of sp³-hybridized carbons (Fsp3) is 0.133. The van der Waals surface area contributed by atoms with Gasteiger partial charge in [-0.15, -0.1) is 0 Å². The molecule has 0 saturated heterocycles. The molecule has 0 atom stereocenters. The monoisotopic (exact) mass is 244 g/mol. The molecule has 0 aliphatic rings. The van der Waals surface area contributed by atoms with E-state index in [0.29, 0.717) is 5.57 Å². The summed E-state index contributed by atoms with van der Waals surface area (Å²) in [6.45, 7) is 3.67. The van der Waals surface area contributed by atoms with Gasteiger partial charge in [-0.3, -0.25) is 4.79 Å². The van der Waals surface area contributed by atoms with E-state index in [4.69, 9.17) is 11.6 Å². The van der Waals surface area contributed by atoms with Crippen LogP contribution in [-0.4, -0.2) is 5.24 Å². The number of benzene rings is 2. The van der Waals surface area contributed by atoms with Gasteiger partial charge in [0.05, 0.1) is 0 Å². The maximum absolute atomic E-state index is 11.1. The van der Waals surface area contributed by atoms with Crippen molar-refractivity contribution in [3.05, 3.63) is 53.6 Å². The third-order valence-electron chi connectivity index (χ3n) is 3.04. The van der Waals surface area contributed by atoms with E-state index in [-0.39, 0.29) is 0 Å². The third kappa shape index (κ3) is 2.40. The highest BCUT2D eigenvalue weighted by molar-refractivity contribution is 6.68. The van der Waals surface area contributed by atoms with Gasteiger partial charge in [0.1, 0.15) is 0 Å². The minimum atomic E-state index is -0.393. The summed E-state index contributed by atoms with van der Waals surface area (Å²) < 4.78 is 0. The first-order chi connectivity index (χ1) is 8.09. The molecule has 17 heavy (non-hydrogen) atoms. The Bertz CT molecular complexity index is 611. The quantitative estimate of drug-likeness (QED) is 0.565.